The lowest BCUT2D eigenvalue weighted by atomic mass is 10.2. The molecule has 0 atom stereocenters. The third kappa shape index (κ3) is 3.55. The lowest BCUT2D eigenvalue weighted by molar-refractivity contribution is 0.242. The Hall–Kier alpha value is -2.81. The molecule has 0 amide bonds. The number of anilines is 1. The maximum Gasteiger partial charge on any atom is 0.266 e. The van der Waals surface area contributed by atoms with Crippen LogP contribution in [0.5, 0.6) is 0 Å². The summed E-state index contributed by atoms with van der Waals surface area (Å²) in [4.78, 5) is 25.7. The summed E-state index contributed by atoms with van der Waals surface area (Å²) in [7, 11) is 1.90. The summed E-state index contributed by atoms with van der Waals surface area (Å²) in [6.07, 6.45) is 1.84. The first-order valence-corrected chi connectivity index (χ1v) is 9.20. The zero-order valence-corrected chi connectivity index (χ0v) is 16.0. The minimum absolute atomic E-state index is 0.0466. The topological polar surface area (TPSA) is 85.0 Å². The van der Waals surface area contributed by atoms with E-state index < -0.39 is 0 Å². The minimum Gasteiger partial charge on any atom is -0.353 e. The van der Waals surface area contributed by atoms with Crippen molar-refractivity contribution in [2.24, 2.45) is 7.05 Å². The van der Waals surface area contributed by atoms with Crippen molar-refractivity contribution in [2.45, 2.75) is 20.4 Å². The predicted octanol–water partition coefficient (Wildman–Crippen LogP) is 0.359. The van der Waals surface area contributed by atoms with Crippen LogP contribution in [-0.4, -0.2) is 67.2 Å². The Kier molecular flexibility index (Phi) is 4.61. The van der Waals surface area contributed by atoms with Gasteiger partial charge in [0.1, 0.15) is 11.6 Å². The molecule has 0 N–H and O–H groups in total. The number of aryl methyl sites for hydroxylation is 3. The van der Waals surface area contributed by atoms with E-state index in [0.717, 1.165) is 61.1 Å². The van der Waals surface area contributed by atoms with Gasteiger partial charge in [-0.05, 0) is 19.9 Å². The number of hydrogen-bond donors (Lipinski definition) is 0. The zero-order valence-electron chi connectivity index (χ0n) is 16.0. The normalized spacial score (nSPS) is 15.6. The molecule has 0 bridgehead atoms. The lowest BCUT2D eigenvalue weighted by Gasteiger charge is -2.35. The van der Waals surface area contributed by atoms with E-state index in [4.69, 9.17) is 0 Å². The Labute approximate surface area is 157 Å². The van der Waals surface area contributed by atoms with Crippen LogP contribution in [0.1, 0.15) is 11.5 Å². The molecule has 142 valence electrons. The molecule has 4 heterocycles. The smallest absolute Gasteiger partial charge is 0.266 e. The maximum absolute atomic E-state index is 11.9. The van der Waals surface area contributed by atoms with E-state index >= 15 is 0 Å². The number of rotatable bonds is 4. The van der Waals surface area contributed by atoms with Gasteiger partial charge in [0.05, 0.1) is 23.8 Å². The van der Waals surface area contributed by atoms with Crippen LogP contribution >= 0.6 is 0 Å². The largest absolute Gasteiger partial charge is 0.353 e. The molecule has 3 aromatic rings. The first-order chi connectivity index (χ1) is 13.0. The summed E-state index contributed by atoms with van der Waals surface area (Å²) in [5.41, 5.74) is 1.68. The van der Waals surface area contributed by atoms with Crippen molar-refractivity contribution in [3.63, 3.8) is 0 Å². The second kappa shape index (κ2) is 7.07. The van der Waals surface area contributed by atoms with Crippen molar-refractivity contribution in [1.29, 1.82) is 0 Å². The molecule has 1 aliphatic rings. The van der Waals surface area contributed by atoms with Crippen molar-refractivity contribution < 1.29 is 0 Å². The van der Waals surface area contributed by atoms with E-state index in [0.29, 0.717) is 6.54 Å². The van der Waals surface area contributed by atoms with E-state index in [1.807, 2.05) is 27.1 Å². The highest BCUT2D eigenvalue weighted by Crippen LogP contribution is 2.24. The van der Waals surface area contributed by atoms with Gasteiger partial charge in [-0.2, -0.15) is 10.2 Å². The van der Waals surface area contributed by atoms with Crippen LogP contribution in [-0.2, 0) is 13.6 Å². The Morgan fingerprint density at radius 3 is 2.59 bits per heavy atom. The van der Waals surface area contributed by atoms with Crippen molar-refractivity contribution in [1.82, 2.24) is 34.4 Å². The van der Waals surface area contributed by atoms with Crippen LogP contribution in [0.25, 0.3) is 11.0 Å². The fourth-order valence-corrected chi connectivity index (χ4v) is 3.48. The minimum atomic E-state index is -0.0466. The second-order valence-corrected chi connectivity index (χ2v) is 6.96. The van der Waals surface area contributed by atoms with Gasteiger partial charge >= 0.3 is 0 Å². The van der Waals surface area contributed by atoms with Gasteiger partial charge in [0.25, 0.3) is 5.56 Å². The summed E-state index contributed by atoms with van der Waals surface area (Å²) < 4.78 is 3.34. The molecule has 0 radical (unpaired) electrons. The van der Waals surface area contributed by atoms with Crippen LogP contribution in [0, 0.1) is 13.8 Å². The molecule has 0 aliphatic carbocycles. The Morgan fingerprint density at radius 1 is 1.04 bits per heavy atom. The number of hydrogen-bond acceptors (Lipinski definition) is 7. The molecule has 0 unspecified atom stereocenters. The molecule has 1 saturated heterocycles. The molecule has 9 nitrogen and oxygen atoms in total. The Balaban J connectivity index is 1.42. The molecule has 27 heavy (non-hydrogen) atoms. The van der Waals surface area contributed by atoms with Gasteiger partial charge in [-0.15, -0.1) is 0 Å². The Morgan fingerprint density at radius 2 is 1.81 bits per heavy atom. The summed E-state index contributed by atoms with van der Waals surface area (Å²) in [5.74, 6) is 1.72. The summed E-state index contributed by atoms with van der Waals surface area (Å²) >= 11 is 0. The standard InChI is InChI=1S/C18H24N8O/c1-13-4-5-16(27)26(22-13)11-8-24-6-9-25(10-7-24)18-15-12-19-23(3)17(15)20-14(2)21-18/h4-5,12H,6-11H2,1-3H3. The van der Waals surface area contributed by atoms with Gasteiger partial charge in [0, 0.05) is 45.8 Å². The van der Waals surface area contributed by atoms with Crippen LogP contribution in [0.4, 0.5) is 5.82 Å². The van der Waals surface area contributed by atoms with Crippen molar-refractivity contribution in [3.8, 4) is 0 Å². The van der Waals surface area contributed by atoms with Gasteiger partial charge in [-0.25, -0.2) is 14.6 Å². The average Bonchev–Trinajstić information content (AvgIpc) is 3.03. The lowest BCUT2D eigenvalue weighted by Crippen LogP contribution is -2.48. The fourth-order valence-electron chi connectivity index (χ4n) is 3.48. The predicted molar refractivity (Wildman–Crippen MR) is 103 cm³/mol. The monoisotopic (exact) mass is 368 g/mol. The van der Waals surface area contributed by atoms with E-state index in [-0.39, 0.29) is 5.56 Å². The van der Waals surface area contributed by atoms with Crippen LogP contribution in [0.3, 0.4) is 0 Å². The molecular weight excluding hydrogens is 344 g/mol. The molecule has 1 fully saturated rings. The van der Waals surface area contributed by atoms with Gasteiger partial charge in [-0.1, -0.05) is 0 Å². The van der Waals surface area contributed by atoms with Crippen molar-refractivity contribution >= 4 is 16.9 Å². The summed E-state index contributed by atoms with van der Waals surface area (Å²) in [5, 5.41) is 9.62. The van der Waals surface area contributed by atoms with Crippen LogP contribution < -0.4 is 10.5 Å². The highest BCUT2D eigenvalue weighted by Gasteiger charge is 2.21. The third-order valence-corrected chi connectivity index (χ3v) is 4.98. The average molecular weight is 368 g/mol. The van der Waals surface area contributed by atoms with Gasteiger partial charge in [0.2, 0.25) is 0 Å². The number of fused-ring (bicyclic) bond motifs is 1. The number of nitrogens with zero attached hydrogens (tertiary/aromatic N) is 8. The SMILES string of the molecule is Cc1ccc(=O)n(CCN2CCN(c3nc(C)nc4c3cnn4C)CC2)n1. The molecule has 9 heteroatoms. The van der Waals surface area contributed by atoms with Crippen molar-refractivity contribution in [3.05, 3.63) is 40.2 Å². The van der Waals surface area contributed by atoms with E-state index in [2.05, 4.69) is 30.0 Å². The van der Waals surface area contributed by atoms with Crippen LogP contribution in [0.2, 0.25) is 0 Å². The number of piperazine rings is 1. The summed E-state index contributed by atoms with van der Waals surface area (Å²) in [6, 6.07) is 3.33. The maximum atomic E-state index is 11.9. The quantitative estimate of drug-likeness (QED) is 0.657. The number of aromatic nitrogens is 6. The third-order valence-electron chi connectivity index (χ3n) is 4.98. The van der Waals surface area contributed by atoms with E-state index in [1.165, 1.54) is 0 Å². The van der Waals surface area contributed by atoms with Gasteiger partial charge in [0.15, 0.2) is 5.65 Å². The highest BCUT2D eigenvalue weighted by molar-refractivity contribution is 5.87. The Bertz CT molecular complexity index is 1020. The molecule has 0 saturated carbocycles. The van der Waals surface area contributed by atoms with Gasteiger partial charge in [-0.3, -0.25) is 14.4 Å². The molecule has 0 spiro atoms. The van der Waals surface area contributed by atoms with Crippen LogP contribution in [0.15, 0.2) is 23.1 Å². The van der Waals surface area contributed by atoms with E-state index in [9.17, 15) is 4.79 Å². The molecule has 1 aliphatic heterocycles. The summed E-state index contributed by atoms with van der Waals surface area (Å²) in [6.45, 7) is 8.86. The highest BCUT2D eigenvalue weighted by atomic mass is 16.1. The molecule has 0 aromatic carbocycles. The molecular formula is C18H24N8O. The molecule has 4 rings (SSSR count). The first-order valence-electron chi connectivity index (χ1n) is 9.20. The molecule has 3 aromatic heterocycles. The van der Waals surface area contributed by atoms with Gasteiger partial charge < -0.3 is 4.90 Å². The first kappa shape index (κ1) is 17.6. The fraction of sp³-hybridized carbons (Fsp3) is 0.500. The van der Waals surface area contributed by atoms with E-state index in [1.54, 1.807) is 21.5 Å². The zero-order chi connectivity index (χ0) is 19.0. The second-order valence-electron chi connectivity index (χ2n) is 6.96. The van der Waals surface area contributed by atoms with Crippen molar-refractivity contribution in [2.75, 3.05) is 37.6 Å².